The van der Waals surface area contributed by atoms with Crippen molar-refractivity contribution in [3.05, 3.63) is 65.9 Å². The number of allylic oxidation sites excluding steroid dienone is 2. The van der Waals surface area contributed by atoms with Gasteiger partial charge in [0.25, 0.3) is 10.1 Å². The average molecular weight is 342 g/mol. The minimum atomic E-state index is -4.22. The van der Waals surface area contributed by atoms with Crippen molar-refractivity contribution in [2.24, 2.45) is 4.99 Å². The molecule has 0 amide bonds. The van der Waals surface area contributed by atoms with Gasteiger partial charge >= 0.3 is 0 Å². The third kappa shape index (κ3) is 3.11. The van der Waals surface area contributed by atoms with Crippen LogP contribution in [0.3, 0.4) is 0 Å². The van der Waals surface area contributed by atoms with Gasteiger partial charge in [0.05, 0.1) is 10.6 Å². The highest BCUT2D eigenvalue weighted by atomic mass is 32.2. The van der Waals surface area contributed by atoms with E-state index < -0.39 is 15.5 Å². The van der Waals surface area contributed by atoms with Gasteiger partial charge in [-0.05, 0) is 42.0 Å². The second-order valence-corrected chi connectivity index (χ2v) is 7.55. The van der Waals surface area contributed by atoms with Crippen molar-refractivity contribution in [1.82, 2.24) is 0 Å². The van der Waals surface area contributed by atoms with Crippen molar-refractivity contribution in [1.29, 1.82) is 0 Å². The zero-order valence-electron chi connectivity index (χ0n) is 13.4. The van der Waals surface area contributed by atoms with Crippen molar-refractivity contribution < 1.29 is 13.0 Å². The smallest absolute Gasteiger partial charge is 0.294 e. The summed E-state index contributed by atoms with van der Waals surface area (Å²) in [5.41, 5.74) is 2.99. The molecule has 1 heterocycles. The van der Waals surface area contributed by atoms with E-state index >= 15 is 0 Å². The molecule has 24 heavy (non-hydrogen) atoms. The predicted octanol–water partition coefficient (Wildman–Crippen LogP) is 3.92. The molecule has 0 radical (unpaired) electrons. The quantitative estimate of drug-likeness (QED) is 0.654. The molecule has 1 aliphatic heterocycles. The van der Waals surface area contributed by atoms with Gasteiger partial charge in [0.1, 0.15) is 0 Å². The summed E-state index contributed by atoms with van der Waals surface area (Å²) in [5.74, 6) is 0. The summed E-state index contributed by atoms with van der Waals surface area (Å²) in [6.07, 6.45) is 3.59. The van der Waals surface area contributed by atoms with Crippen molar-refractivity contribution in [3.8, 4) is 0 Å². The van der Waals surface area contributed by atoms with Gasteiger partial charge < -0.3 is 5.32 Å². The van der Waals surface area contributed by atoms with Gasteiger partial charge in [-0.1, -0.05) is 32.0 Å². The van der Waals surface area contributed by atoms with Gasteiger partial charge in [0, 0.05) is 23.0 Å². The van der Waals surface area contributed by atoms with Crippen molar-refractivity contribution in [3.63, 3.8) is 0 Å². The van der Waals surface area contributed by atoms with E-state index in [1.54, 1.807) is 12.3 Å². The Bertz CT molecular complexity index is 930. The first-order valence-electron chi connectivity index (χ1n) is 7.47. The second-order valence-electron chi connectivity index (χ2n) is 6.13. The van der Waals surface area contributed by atoms with E-state index in [4.69, 9.17) is 0 Å². The topological polar surface area (TPSA) is 78.8 Å². The second kappa shape index (κ2) is 5.89. The minimum Gasteiger partial charge on any atom is -0.358 e. The molecule has 0 aromatic heterocycles. The van der Waals surface area contributed by atoms with Gasteiger partial charge in [-0.15, -0.1) is 0 Å². The highest BCUT2D eigenvalue weighted by molar-refractivity contribution is 7.85. The zero-order valence-corrected chi connectivity index (χ0v) is 14.2. The van der Waals surface area contributed by atoms with E-state index in [-0.39, 0.29) is 4.90 Å². The van der Waals surface area contributed by atoms with E-state index in [9.17, 15) is 13.0 Å². The average Bonchev–Trinajstić information content (AvgIpc) is 2.78. The van der Waals surface area contributed by atoms with E-state index in [0.717, 1.165) is 22.6 Å². The third-order valence-corrected chi connectivity index (χ3v) is 4.98. The van der Waals surface area contributed by atoms with Crippen LogP contribution in [-0.4, -0.2) is 19.2 Å². The van der Waals surface area contributed by atoms with E-state index in [2.05, 4.69) is 10.3 Å². The summed E-state index contributed by atoms with van der Waals surface area (Å²) in [4.78, 5) is 4.28. The monoisotopic (exact) mass is 342 g/mol. The van der Waals surface area contributed by atoms with Crippen molar-refractivity contribution >= 4 is 27.7 Å². The Morgan fingerprint density at radius 1 is 1.12 bits per heavy atom. The number of nitrogens with zero attached hydrogens (tertiary/aromatic N) is 1. The molecular weight excluding hydrogens is 324 g/mol. The number of fused-ring (bicyclic) bond motifs is 1. The van der Waals surface area contributed by atoms with Crippen LogP contribution in [-0.2, 0) is 15.5 Å². The number of benzene rings is 2. The molecule has 0 spiro atoms. The van der Waals surface area contributed by atoms with Crippen LogP contribution in [0.5, 0.6) is 0 Å². The van der Waals surface area contributed by atoms with E-state index in [1.807, 2.05) is 50.3 Å². The van der Waals surface area contributed by atoms with E-state index in [1.165, 1.54) is 12.1 Å². The van der Waals surface area contributed by atoms with Crippen molar-refractivity contribution in [2.75, 3.05) is 5.32 Å². The Hall–Kier alpha value is -2.44. The van der Waals surface area contributed by atoms with Crippen LogP contribution in [0.2, 0.25) is 0 Å². The predicted molar refractivity (Wildman–Crippen MR) is 95.6 cm³/mol. The first-order valence-corrected chi connectivity index (χ1v) is 8.91. The van der Waals surface area contributed by atoms with Crippen LogP contribution in [0.25, 0.3) is 0 Å². The van der Waals surface area contributed by atoms with Gasteiger partial charge in [-0.2, -0.15) is 8.42 Å². The normalized spacial score (nSPS) is 17.9. The fourth-order valence-corrected chi connectivity index (χ4v) is 3.23. The first kappa shape index (κ1) is 16.4. The Morgan fingerprint density at radius 2 is 1.83 bits per heavy atom. The summed E-state index contributed by atoms with van der Waals surface area (Å²) >= 11 is 0. The van der Waals surface area contributed by atoms with Crippen LogP contribution in [0.1, 0.15) is 19.4 Å². The number of hydrogen-bond acceptors (Lipinski definition) is 4. The lowest BCUT2D eigenvalue weighted by Crippen LogP contribution is -2.17. The molecular formula is C18H18N2O3S. The largest absolute Gasteiger partial charge is 0.358 e. The molecule has 1 aliphatic rings. The molecule has 5 nitrogen and oxygen atoms in total. The lowest BCUT2D eigenvalue weighted by Gasteiger charge is -2.20. The summed E-state index contributed by atoms with van der Waals surface area (Å²) < 4.78 is 31.9. The lowest BCUT2D eigenvalue weighted by atomic mass is 9.84. The van der Waals surface area contributed by atoms with Crippen LogP contribution in [0, 0.1) is 0 Å². The lowest BCUT2D eigenvalue weighted by molar-refractivity contribution is 0.483. The SMILES string of the molecule is CC1(C)C(=CC=Nc2ccccc2)Nc2ccc(S(=O)(=O)O)cc21. The number of hydrogen-bond donors (Lipinski definition) is 2. The molecule has 2 aromatic carbocycles. The van der Waals surface area contributed by atoms with Crippen LogP contribution in [0.4, 0.5) is 11.4 Å². The number of rotatable bonds is 3. The molecule has 3 rings (SSSR count). The number of nitrogens with one attached hydrogen (secondary N) is 1. The summed E-state index contributed by atoms with van der Waals surface area (Å²) in [7, 11) is -4.22. The molecule has 0 bridgehead atoms. The molecule has 0 aliphatic carbocycles. The maximum Gasteiger partial charge on any atom is 0.294 e. The molecule has 0 unspecified atom stereocenters. The maximum atomic E-state index is 11.4. The Kier molecular flexibility index (Phi) is 4.03. The molecule has 6 heteroatoms. The highest BCUT2D eigenvalue weighted by Crippen LogP contribution is 2.43. The molecule has 124 valence electrons. The molecule has 0 atom stereocenters. The molecule has 0 fully saturated rings. The molecule has 2 aromatic rings. The molecule has 2 N–H and O–H groups in total. The Morgan fingerprint density at radius 3 is 2.50 bits per heavy atom. The highest BCUT2D eigenvalue weighted by Gasteiger charge is 2.35. The fourth-order valence-electron chi connectivity index (χ4n) is 2.72. The first-order chi connectivity index (χ1) is 11.3. The number of anilines is 1. The summed E-state index contributed by atoms with van der Waals surface area (Å²) in [5, 5.41) is 3.28. The minimum absolute atomic E-state index is 0.102. The fraction of sp³-hybridized carbons (Fsp3) is 0.167. The summed E-state index contributed by atoms with van der Waals surface area (Å²) in [6.45, 7) is 3.98. The van der Waals surface area contributed by atoms with Gasteiger partial charge in [0.15, 0.2) is 0 Å². The summed E-state index contributed by atoms with van der Waals surface area (Å²) in [6, 6.07) is 14.2. The standard InChI is InChI=1S/C18H18N2O3S/c1-18(2)15-12-14(24(21,22)23)8-9-16(15)20-17(18)10-11-19-13-6-4-3-5-7-13/h3-12,20H,1-2H3,(H,21,22,23). The van der Waals surface area contributed by atoms with E-state index in [0.29, 0.717) is 0 Å². The third-order valence-electron chi connectivity index (χ3n) is 4.13. The Balaban J connectivity index is 1.93. The maximum absolute atomic E-state index is 11.4. The number of para-hydroxylation sites is 1. The molecule has 0 saturated heterocycles. The Labute approximate surface area is 141 Å². The van der Waals surface area contributed by atoms with Crippen LogP contribution < -0.4 is 5.32 Å². The molecule has 0 saturated carbocycles. The van der Waals surface area contributed by atoms with Gasteiger partial charge in [-0.25, -0.2) is 0 Å². The van der Waals surface area contributed by atoms with Crippen LogP contribution >= 0.6 is 0 Å². The van der Waals surface area contributed by atoms with Crippen LogP contribution in [0.15, 0.2) is 70.2 Å². The van der Waals surface area contributed by atoms with Gasteiger partial charge in [0.2, 0.25) is 0 Å². The van der Waals surface area contributed by atoms with Crippen molar-refractivity contribution in [2.45, 2.75) is 24.2 Å². The van der Waals surface area contributed by atoms with Gasteiger partial charge in [-0.3, -0.25) is 9.55 Å². The number of aliphatic imine (C=N–C) groups is 1. The zero-order chi connectivity index (χ0) is 17.4.